The van der Waals surface area contributed by atoms with Gasteiger partial charge in [-0.2, -0.15) is 0 Å². The maximum absolute atomic E-state index is 14.0. The first-order valence-electron chi connectivity index (χ1n) is 12.1. The van der Waals surface area contributed by atoms with E-state index in [2.05, 4.69) is 11.7 Å². The van der Waals surface area contributed by atoms with Gasteiger partial charge in [-0.05, 0) is 60.8 Å². The van der Waals surface area contributed by atoms with Gasteiger partial charge in [0.25, 0.3) is 0 Å². The second-order valence-corrected chi connectivity index (χ2v) is 9.46. The third-order valence-electron chi connectivity index (χ3n) is 7.05. The second kappa shape index (κ2) is 11.4. The van der Waals surface area contributed by atoms with Gasteiger partial charge in [0.1, 0.15) is 0 Å². The molecule has 174 valence electrons. The molecule has 0 bridgehead atoms. The van der Waals surface area contributed by atoms with Gasteiger partial charge >= 0.3 is 6.36 Å². The van der Waals surface area contributed by atoms with Gasteiger partial charge in [-0.1, -0.05) is 82.8 Å². The number of unbranched alkanes of at least 4 members (excludes halogenated alkanes) is 4. The average molecular weight is 441 g/mol. The fourth-order valence-corrected chi connectivity index (χ4v) is 5.18. The lowest BCUT2D eigenvalue weighted by molar-refractivity contribution is -0.275. The molecule has 2 aliphatic carbocycles. The van der Waals surface area contributed by atoms with Crippen molar-refractivity contribution in [3.8, 4) is 5.75 Å². The summed E-state index contributed by atoms with van der Waals surface area (Å²) in [6, 6.07) is 2.39. The fourth-order valence-electron chi connectivity index (χ4n) is 5.18. The number of fused-ring (bicyclic) bond motifs is 1. The van der Waals surface area contributed by atoms with Crippen LogP contribution in [0.4, 0.5) is 17.6 Å². The highest BCUT2D eigenvalue weighted by Gasteiger charge is 2.33. The summed E-state index contributed by atoms with van der Waals surface area (Å²) in [7, 11) is 0. The minimum atomic E-state index is -4.88. The molecule has 0 heterocycles. The molecule has 1 nitrogen and oxygen atoms in total. The predicted molar refractivity (Wildman–Crippen MR) is 117 cm³/mol. The van der Waals surface area contributed by atoms with Crippen molar-refractivity contribution in [3.63, 3.8) is 0 Å². The molecule has 0 aromatic heterocycles. The maximum atomic E-state index is 14.0. The lowest BCUT2D eigenvalue weighted by atomic mass is 9.77. The number of hydrogen-bond donors (Lipinski definition) is 0. The largest absolute Gasteiger partial charge is 0.573 e. The first-order valence-corrected chi connectivity index (χ1v) is 12.1. The van der Waals surface area contributed by atoms with Gasteiger partial charge < -0.3 is 4.74 Å². The molecule has 0 unspecified atom stereocenters. The SMILES string of the molecule is CCCCCCCC1CCC(CCC2=Cc3cc(F)c(OC(F)(F)F)cc3CC2)CC1. The van der Waals surface area contributed by atoms with E-state index in [1.807, 2.05) is 6.08 Å². The van der Waals surface area contributed by atoms with Crippen molar-refractivity contribution >= 4 is 6.08 Å². The van der Waals surface area contributed by atoms with Crippen molar-refractivity contribution in [1.82, 2.24) is 0 Å². The highest BCUT2D eigenvalue weighted by Crippen LogP contribution is 2.37. The molecule has 31 heavy (non-hydrogen) atoms. The first kappa shape index (κ1) is 24.1. The topological polar surface area (TPSA) is 9.23 Å². The third kappa shape index (κ3) is 7.84. The number of hydrogen-bond acceptors (Lipinski definition) is 1. The van der Waals surface area contributed by atoms with Crippen molar-refractivity contribution in [3.05, 3.63) is 34.6 Å². The van der Waals surface area contributed by atoms with Gasteiger partial charge in [-0.3, -0.25) is 0 Å². The van der Waals surface area contributed by atoms with Crippen LogP contribution in [0.2, 0.25) is 0 Å². The number of allylic oxidation sites excluding steroid dienone is 1. The maximum Gasteiger partial charge on any atom is 0.573 e. The normalized spacial score (nSPS) is 21.5. The van der Waals surface area contributed by atoms with Gasteiger partial charge in [-0.25, -0.2) is 4.39 Å². The second-order valence-electron chi connectivity index (χ2n) is 9.46. The Morgan fingerprint density at radius 3 is 2.26 bits per heavy atom. The zero-order chi connectivity index (χ0) is 22.3. The molecule has 0 saturated heterocycles. The number of alkyl halides is 3. The van der Waals surface area contributed by atoms with Crippen LogP contribution in [-0.4, -0.2) is 6.36 Å². The quantitative estimate of drug-likeness (QED) is 0.260. The van der Waals surface area contributed by atoms with E-state index in [-0.39, 0.29) is 0 Å². The van der Waals surface area contributed by atoms with Crippen LogP contribution in [0.3, 0.4) is 0 Å². The van der Waals surface area contributed by atoms with E-state index < -0.39 is 17.9 Å². The van der Waals surface area contributed by atoms with Crippen molar-refractivity contribution in [2.45, 2.75) is 103 Å². The molecule has 0 atom stereocenters. The molecular weight excluding hydrogens is 404 g/mol. The van der Waals surface area contributed by atoms with E-state index >= 15 is 0 Å². The van der Waals surface area contributed by atoms with Gasteiger partial charge in [-0.15, -0.1) is 13.2 Å². The molecular formula is C26H36F4O. The van der Waals surface area contributed by atoms with Gasteiger partial charge in [0, 0.05) is 0 Å². The molecule has 1 aromatic carbocycles. The molecule has 1 aromatic rings. The van der Waals surface area contributed by atoms with Gasteiger partial charge in [0.15, 0.2) is 11.6 Å². The Bertz CT molecular complexity index is 730. The summed E-state index contributed by atoms with van der Waals surface area (Å²) in [5.74, 6) is -0.000473. The smallest absolute Gasteiger partial charge is 0.403 e. The van der Waals surface area contributed by atoms with Crippen molar-refractivity contribution in [2.75, 3.05) is 0 Å². The summed E-state index contributed by atoms with van der Waals surface area (Å²) in [6.07, 6.45) is 14.3. The van der Waals surface area contributed by atoms with E-state index in [4.69, 9.17) is 0 Å². The molecule has 3 rings (SSSR count). The van der Waals surface area contributed by atoms with E-state index in [0.717, 1.165) is 30.2 Å². The van der Waals surface area contributed by atoms with Crippen LogP contribution in [0, 0.1) is 17.7 Å². The Hall–Kier alpha value is -1.52. The van der Waals surface area contributed by atoms with Crippen LogP contribution in [0.15, 0.2) is 17.7 Å². The Labute approximate surface area is 184 Å². The number of ether oxygens (including phenoxy) is 1. The number of aryl methyl sites for hydroxylation is 1. The molecule has 0 aliphatic heterocycles. The number of benzene rings is 1. The van der Waals surface area contributed by atoms with Crippen LogP contribution >= 0.6 is 0 Å². The van der Waals surface area contributed by atoms with Crippen LogP contribution in [0.5, 0.6) is 5.75 Å². The standard InChI is InChI=1S/C26H36F4O/c1-2-3-4-5-6-7-19-8-10-20(11-9-19)12-13-21-14-15-22-18-25(31-26(28,29)30)24(27)17-23(22)16-21/h16-20H,2-15H2,1H3. The summed E-state index contributed by atoms with van der Waals surface area (Å²) >= 11 is 0. The molecule has 1 fully saturated rings. The van der Waals surface area contributed by atoms with E-state index in [1.54, 1.807) is 0 Å². The van der Waals surface area contributed by atoms with Crippen molar-refractivity contribution < 1.29 is 22.3 Å². The summed E-state index contributed by atoms with van der Waals surface area (Å²) < 4.78 is 55.1. The lowest BCUT2D eigenvalue weighted by Gasteiger charge is -2.29. The number of rotatable bonds is 10. The Kier molecular flexibility index (Phi) is 8.85. The fraction of sp³-hybridized carbons (Fsp3) is 0.692. The first-order chi connectivity index (χ1) is 14.8. The Balaban J connectivity index is 1.43. The minimum absolute atomic E-state index is 0.639. The van der Waals surface area contributed by atoms with Gasteiger partial charge in [0.05, 0.1) is 0 Å². The third-order valence-corrected chi connectivity index (χ3v) is 7.05. The van der Waals surface area contributed by atoms with Gasteiger partial charge in [0.2, 0.25) is 0 Å². The molecule has 0 spiro atoms. The molecule has 0 amide bonds. The van der Waals surface area contributed by atoms with Crippen LogP contribution < -0.4 is 4.74 Å². The van der Waals surface area contributed by atoms with Crippen LogP contribution in [0.1, 0.15) is 102 Å². The Morgan fingerprint density at radius 2 is 1.58 bits per heavy atom. The minimum Gasteiger partial charge on any atom is -0.403 e. The van der Waals surface area contributed by atoms with E-state index in [9.17, 15) is 17.6 Å². The molecule has 1 saturated carbocycles. The van der Waals surface area contributed by atoms with Crippen LogP contribution in [-0.2, 0) is 6.42 Å². The zero-order valence-electron chi connectivity index (χ0n) is 18.7. The summed E-state index contributed by atoms with van der Waals surface area (Å²) in [5, 5.41) is 0. The molecule has 2 aliphatic rings. The summed E-state index contributed by atoms with van der Waals surface area (Å²) in [4.78, 5) is 0. The average Bonchev–Trinajstić information content (AvgIpc) is 2.72. The lowest BCUT2D eigenvalue weighted by Crippen LogP contribution is -2.18. The van der Waals surface area contributed by atoms with Crippen molar-refractivity contribution in [2.24, 2.45) is 11.8 Å². The van der Waals surface area contributed by atoms with Crippen LogP contribution in [0.25, 0.3) is 6.08 Å². The molecule has 0 N–H and O–H groups in total. The number of halogens is 4. The monoisotopic (exact) mass is 440 g/mol. The highest BCUT2D eigenvalue weighted by atomic mass is 19.4. The summed E-state index contributed by atoms with van der Waals surface area (Å²) in [5.41, 5.74) is 2.71. The Morgan fingerprint density at radius 1 is 0.903 bits per heavy atom. The zero-order valence-corrected chi connectivity index (χ0v) is 18.7. The van der Waals surface area contributed by atoms with E-state index in [0.29, 0.717) is 12.0 Å². The molecule has 5 heteroatoms. The van der Waals surface area contributed by atoms with Crippen molar-refractivity contribution in [1.29, 1.82) is 0 Å². The predicted octanol–water partition coefficient (Wildman–Crippen LogP) is 9.00. The van der Waals surface area contributed by atoms with E-state index in [1.165, 1.54) is 88.3 Å². The molecule has 0 radical (unpaired) electrons. The summed E-state index contributed by atoms with van der Waals surface area (Å²) in [6.45, 7) is 2.26. The highest BCUT2D eigenvalue weighted by molar-refractivity contribution is 5.61.